The molecule has 2 heterocycles. The van der Waals surface area contributed by atoms with Crippen LogP contribution < -0.4 is 5.32 Å². The van der Waals surface area contributed by atoms with E-state index < -0.39 is 6.10 Å². The lowest BCUT2D eigenvalue weighted by Gasteiger charge is -2.26. The fourth-order valence-corrected chi connectivity index (χ4v) is 3.22. The van der Waals surface area contributed by atoms with Crippen LogP contribution in [0.15, 0.2) is 41.0 Å². The van der Waals surface area contributed by atoms with Gasteiger partial charge >= 0.3 is 6.03 Å². The summed E-state index contributed by atoms with van der Waals surface area (Å²) in [5.41, 5.74) is 3.16. The smallest absolute Gasteiger partial charge is 0.322 e. The number of anilines is 1. The monoisotopic (exact) mass is 328 g/mol. The minimum absolute atomic E-state index is 0.0247. The van der Waals surface area contributed by atoms with Crippen molar-refractivity contribution in [2.24, 2.45) is 0 Å². The first-order chi connectivity index (χ1) is 11.5. The number of nitrogens with zero attached hydrogens (tertiary/aromatic N) is 1. The van der Waals surface area contributed by atoms with Crippen LogP contribution in [0.5, 0.6) is 0 Å². The lowest BCUT2D eigenvalue weighted by molar-refractivity contribution is 0.110. The Morgan fingerprint density at radius 2 is 2.21 bits per heavy atom. The second-order valence-corrected chi connectivity index (χ2v) is 6.49. The number of furan rings is 1. The van der Waals surface area contributed by atoms with E-state index in [9.17, 15) is 9.90 Å². The maximum absolute atomic E-state index is 12.6. The number of carbonyl (C=O) groups excluding carboxylic acids is 1. The molecule has 0 aliphatic carbocycles. The van der Waals surface area contributed by atoms with E-state index >= 15 is 0 Å². The molecule has 1 aliphatic rings. The number of nitrogens with one attached hydrogen (secondary N) is 1. The van der Waals surface area contributed by atoms with Crippen molar-refractivity contribution in [3.05, 3.63) is 53.5 Å². The molecule has 2 N–H and O–H groups in total. The molecule has 1 saturated heterocycles. The number of benzene rings is 1. The molecule has 0 radical (unpaired) electrons. The maximum Gasteiger partial charge on any atom is 0.322 e. The number of rotatable bonds is 4. The van der Waals surface area contributed by atoms with Gasteiger partial charge in [-0.3, -0.25) is 0 Å². The summed E-state index contributed by atoms with van der Waals surface area (Å²) in [5, 5.41) is 13.2. The predicted octanol–water partition coefficient (Wildman–Crippen LogP) is 4.02. The van der Waals surface area contributed by atoms with Crippen molar-refractivity contribution in [2.45, 2.75) is 45.3 Å². The third kappa shape index (κ3) is 3.62. The number of aliphatic hydroxyl groups excluding tert-OH is 1. The van der Waals surface area contributed by atoms with Crippen LogP contribution in [-0.4, -0.2) is 28.6 Å². The standard InChI is InChI=1S/C19H24N2O3/c1-13-7-8-15(11-14(13)2)20-19(23)21-9-3-5-16(21)12-17(22)18-6-4-10-24-18/h4,6-8,10-11,16-17,22H,3,5,9,12H2,1-2H3,(H,20,23). The molecule has 5 nitrogen and oxygen atoms in total. The minimum Gasteiger partial charge on any atom is -0.467 e. The van der Waals surface area contributed by atoms with Crippen molar-refractivity contribution in [3.8, 4) is 0 Å². The van der Waals surface area contributed by atoms with Crippen LogP contribution in [-0.2, 0) is 0 Å². The van der Waals surface area contributed by atoms with Crippen LogP contribution in [0.4, 0.5) is 10.5 Å². The Kier molecular flexibility index (Phi) is 4.90. The summed E-state index contributed by atoms with van der Waals surface area (Å²) >= 11 is 0. The number of hydrogen-bond donors (Lipinski definition) is 2. The highest BCUT2D eigenvalue weighted by Crippen LogP contribution is 2.28. The molecule has 2 unspecified atom stereocenters. The first-order valence-electron chi connectivity index (χ1n) is 8.41. The van der Waals surface area contributed by atoms with Crippen molar-refractivity contribution < 1.29 is 14.3 Å². The lowest BCUT2D eigenvalue weighted by Crippen LogP contribution is -2.39. The Hall–Kier alpha value is -2.27. The number of carbonyl (C=O) groups is 1. The lowest BCUT2D eigenvalue weighted by atomic mass is 10.1. The summed E-state index contributed by atoms with van der Waals surface area (Å²) in [4.78, 5) is 14.4. The van der Waals surface area contributed by atoms with Crippen LogP contribution in [0.3, 0.4) is 0 Å². The van der Waals surface area contributed by atoms with E-state index in [1.165, 1.54) is 5.56 Å². The molecule has 0 spiro atoms. The number of urea groups is 1. The highest BCUT2D eigenvalue weighted by molar-refractivity contribution is 5.89. The van der Waals surface area contributed by atoms with Gasteiger partial charge in [-0.2, -0.15) is 0 Å². The van der Waals surface area contributed by atoms with Crippen molar-refractivity contribution >= 4 is 11.7 Å². The maximum atomic E-state index is 12.6. The topological polar surface area (TPSA) is 65.7 Å². The van der Waals surface area contributed by atoms with E-state index in [-0.39, 0.29) is 12.1 Å². The summed E-state index contributed by atoms with van der Waals surface area (Å²) in [6.07, 6.45) is 3.22. The number of amides is 2. The van der Waals surface area contributed by atoms with Gasteiger partial charge in [0.05, 0.1) is 6.26 Å². The third-order valence-electron chi connectivity index (χ3n) is 4.76. The molecule has 24 heavy (non-hydrogen) atoms. The van der Waals surface area contributed by atoms with Crippen LogP contribution in [0, 0.1) is 13.8 Å². The molecular weight excluding hydrogens is 304 g/mol. The summed E-state index contributed by atoms with van der Waals surface area (Å²) in [6, 6.07) is 9.35. The normalized spacial score (nSPS) is 18.6. The highest BCUT2D eigenvalue weighted by Gasteiger charge is 2.31. The van der Waals surface area contributed by atoms with E-state index in [0.29, 0.717) is 18.7 Å². The van der Waals surface area contributed by atoms with Gasteiger partial charge in [-0.25, -0.2) is 4.79 Å². The molecule has 0 bridgehead atoms. The average Bonchev–Trinajstić information content (AvgIpc) is 3.22. The van der Waals surface area contributed by atoms with Gasteiger partial charge in [-0.05, 0) is 62.1 Å². The van der Waals surface area contributed by atoms with E-state index in [0.717, 1.165) is 24.1 Å². The predicted molar refractivity (Wildman–Crippen MR) is 92.9 cm³/mol. The molecule has 1 aliphatic heterocycles. The second kappa shape index (κ2) is 7.09. The van der Waals surface area contributed by atoms with Gasteiger partial charge < -0.3 is 19.7 Å². The van der Waals surface area contributed by atoms with Crippen LogP contribution in [0.2, 0.25) is 0 Å². The van der Waals surface area contributed by atoms with E-state index in [1.54, 1.807) is 18.4 Å². The molecular formula is C19H24N2O3. The highest BCUT2D eigenvalue weighted by atomic mass is 16.4. The Balaban J connectivity index is 1.63. The Bertz CT molecular complexity index is 697. The molecule has 1 aromatic heterocycles. The molecule has 0 saturated carbocycles. The van der Waals surface area contributed by atoms with Crippen LogP contribution >= 0.6 is 0 Å². The number of aryl methyl sites for hydroxylation is 2. The van der Waals surface area contributed by atoms with Gasteiger partial charge in [0.1, 0.15) is 11.9 Å². The van der Waals surface area contributed by atoms with Gasteiger partial charge in [0, 0.05) is 24.7 Å². The Morgan fingerprint density at radius 3 is 2.92 bits per heavy atom. The zero-order valence-corrected chi connectivity index (χ0v) is 14.2. The molecule has 2 amide bonds. The quantitative estimate of drug-likeness (QED) is 0.891. The minimum atomic E-state index is -0.681. The number of aliphatic hydroxyl groups is 1. The van der Waals surface area contributed by atoms with Gasteiger partial charge in [0.25, 0.3) is 0 Å². The molecule has 2 atom stereocenters. The zero-order chi connectivity index (χ0) is 17.1. The van der Waals surface area contributed by atoms with E-state index in [1.807, 2.05) is 36.9 Å². The molecule has 128 valence electrons. The molecule has 1 fully saturated rings. The largest absolute Gasteiger partial charge is 0.467 e. The van der Waals surface area contributed by atoms with Gasteiger partial charge in [-0.1, -0.05) is 6.07 Å². The van der Waals surface area contributed by atoms with E-state index in [2.05, 4.69) is 5.32 Å². The molecule has 2 aromatic rings. The summed E-state index contributed by atoms with van der Waals surface area (Å²) < 4.78 is 5.25. The summed E-state index contributed by atoms with van der Waals surface area (Å²) in [5.74, 6) is 0.552. The first-order valence-corrected chi connectivity index (χ1v) is 8.41. The molecule has 5 heteroatoms. The molecule has 3 rings (SSSR count). The average molecular weight is 328 g/mol. The van der Waals surface area contributed by atoms with Crippen LogP contribution in [0.1, 0.15) is 42.3 Å². The van der Waals surface area contributed by atoms with Crippen molar-refractivity contribution in [3.63, 3.8) is 0 Å². The first kappa shape index (κ1) is 16.6. The van der Waals surface area contributed by atoms with Crippen molar-refractivity contribution in [2.75, 3.05) is 11.9 Å². The van der Waals surface area contributed by atoms with Gasteiger partial charge in [0.15, 0.2) is 0 Å². The van der Waals surface area contributed by atoms with Crippen molar-refractivity contribution in [1.82, 2.24) is 4.90 Å². The van der Waals surface area contributed by atoms with Crippen LogP contribution in [0.25, 0.3) is 0 Å². The number of hydrogen-bond acceptors (Lipinski definition) is 3. The fraction of sp³-hybridized carbons (Fsp3) is 0.421. The summed E-state index contributed by atoms with van der Waals surface area (Å²) in [6.45, 7) is 4.79. The number of likely N-dealkylation sites (tertiary alicyclic amines) is 1. The summed E-state index contributed by atoms with van der Waals surface area (Å²) in [7, 11) is 0. The Morgan fingerprint density at radius 1 is 1.38 bits per heavy atom. The van der Waals surface area contributed by atoms with Gasteiger partial charge in [0.2, 0.25) is 0 Å². The fourth-order valence-electron chi connectivity index (χ4n) is 3.22. The van der Waals surface area contributed by atoms with E-state index in [4.69, 9.17) is 4.42 Å². The SMILES string of the molecule is Cc1ccc(NC(=O)N2CCCC2CC(O)c2ccco2)cc1C. The third-order valence-corrected chi connectivity index (χ3v) is 4.76. The second-order valence-electron chi connectivity index (χ2n) is 6.49. The zero-order valence-electron chi connectivity index (χ0n) is 14.2. The van der Waals surface area contributed by atoms with Gasteiger partial charge in [-0.15, -0.1) is 0 Å². The van der Waals surface area contributed by atoms with Crippen molar-refractivity contribution in [1.29, 1.82) is 0 Å². The Labute approximate surface area is 142 Å². The molecule has 1 aromatic carbocycles.